The Morgan fingerprint density at radius 2 is 1.46 bits per heavy atom. The molecule has 3 amide bonds. The average Bonchev–Trinajstić information content (AvgIpc) is 2.92. The number of rotatable bonds is 3. The molecule has 0 saturated heterocycles. The van der Waals surface area contributed by atoms with Crippen molar-refractivity contribution in [3.05, 3.63) is 94.5 Å². The Morgan fingerprint density at radius 1 is 0.786 bits per heavy atom. The van der Waals surface area contributed by atoms with Gasteiger partial charge in [-0.3, -0.25) is 14.4 Å². The molecule has 5 nitrogen and oxygen atoms in total. The van der Waals surface area contributed by atoms with E-state index in [-0.39, 0.29) is 17.4 Å². The lowest BCUT2D eigenvalue weighted by atomic mass is 10.1. The molecule has 0 atom stereocenters. The molecule has 1 aliphatic rings. The van der Waals surface area contributed by atoms with Crippen LogP contribution in [-0.2, 0) is 0 Å². The van der Waals surface area contributed by atoms with Gasteiger partial charge >= 0.3 is 0 Å². The van der Waals surface area contributed by atoms with Crippen LogP contribution in [0.5, 0.6) is 0 Å². The second-order valence-electron chi connectivity index (χ2n) is 6.87. The molecular weight excluding hydrogens is 352 g/mol. The van der Waals surface area contributed by atoms with Gasteiger partial charge < -0.3 is 5.32 Å². The Bertz CT molecular complexity index is 1130. The Balaban J connectivity index is 1.64. The van der Waals surface area contributed by atoms with Crippen molar-refractivity contribution in [3.63, 3.8) is 0 Å². The highest BCUT2D eigenvalue weighted by Gasteiger charge is 2.37. The lowest BCUT2D eigenvalue weighted by Crippen LogP contribution is -2.29. The van der Waals surface area contributed by atoms with Gasteiger partial charge in [-0.2, -0.15) is 0 Å². The van der Waals surface area contributed by atoms with Crippen LogP contribution in [0.25, 0.3) is 0 Å². The number of hydrogen-bond donors (Lipinski definition) is 1. The van der Waals surface area contributed by atoms with Crippen LogP contribution < -0.4 is 10.2 Å². The number of amides is 3. The highest BCUT2D eigenvalue weighted by molar-refractivity contribution is 6.34. The van der Waals surface area contributed by atoms with Gasteiger partial charge in [-0.15, -0.1) is 0 Å². The molecule has 0 saturated carbocycles. The average molecular weight is 370 g/mol. The van der Waals surface area contributed by atoms with E-state index < -0.39 is 5.91 Å². The third-order valence-electron chi connectivity index (χ3n) is 4.68. The lowest BCUT2D eigenvalue weighted by Gasteiger charge is -2.14. The first-order chi connectivity index (χ1) is 13.4. The maximum absolute atomic E-state index is 12.9. The molecule has 3 aromatic carbocycles. The SMILES string of the molecule is Cc1cccc(NC(=O)c2ccc3c(c2)C(=O)N(c2cccc(C)c2)C3=O)c1. The van der Waals surface area contributed by atoms with Crippen LogP contribution in [0.3, 0.4) is 0 Å². The topological polar surface area (TPSA) is 66.5 Å². The molecule has 4 rings (SSSR count). The lowest BCUT2D eigenvalue weighted by molar-refractivity contribution is 0.0925. The number of aryl methyl sites for hydroxylation is 2. The molecule has 28 heavy (non-hydrogen) atoms. The summed E-state index contributed by atoms with van der Waals surface area (Å²) in [5.41, 5.74) is 4.05. The molecule has 1 heterocycles. The highest BCUT2D eigenvalue weighted by atomic mass is 16.2. The Kier molecular flexibility index (Phi) is 4.28. The summed E-state index contributed by atoms with van der Waals surface area (Å²) in [6.07, 6.45) is 0. The summed E-state index contributed by atoms with van der Waals surface area (Å²) in [6.45, 7) is 3.84. The molecule has 0 aliphatic carbocycles. The van der Waals surface area contributed by atoms with Gasteiger partial charge in [0.25, 0.3) is 17.7 Å². The van der Waals surface area contributed by atoms with Gasteiger partial charge in [0.1, 0.15) is 0 Å². The van der Waals surface area contributed by atoms with Crippen LogP contribution in [0.15, 0.2) is 66.7 Å². The van der Waals surface area contributed by atoms with Crippen LogP contribution in [-0.4, -0.2) is 17.7 Å². The summed E-state index contributed by atoms with van der Waals surface area (Å²) in [6, 6.07) is 19.2. The number of carbonyl (C=O) groups excluding carboxylic acids is 3. The number of fused-ring (bicyclic) bond motifs is 1. The van der Waals surface area contributed by atoms with E-state index >= 15 is 0 Å². The van der Waals surface area contributed by atoms with Crippen molar-refractivity contribution in [2.45, 2.75) is 13.8 Å². The third kappa shape index (κ3) is 3.07. The number of nitrogens with one attached hydrogen (secondary N) is 1. The summed E-state index contributed by atoms with van der Waals surface area (Å²) >= 11 is 0. The number of hydrogen-bond acceptors (Lipinski definition) is 3. The molecule has 0 spiro atoms. The molecule has 0 radical (unpaired) electrons. The molecule has 0 bridgehead atoms. The molecule has 5 heteroatoms. The normalized spacial score (nSPS) is 12.9. The van der Waals surface area contributed by atoms with Crippen LogP contribution >= 0.6 is 0 Å². The second-order valence-corrected chi connectivity index (χ2v) is 6.87. The molecule has 1 aliphatic heterocycles. The van der Waals surface area contributed by atoms with Gasteiger partial charge in [0, 0.05) is 11.3 Å². The summed E-state index contributed by atoms with van der Waals surface area (Å²) in [5, 5.41) is 2.82. The first kappa shape index (κ1) is 17.7. The molecule has 0 aromatic heterocycles. The van der Waals surface area contributed by atoms with E-state index in [1.807, 2.05) is 38.1 Å². The quantitative estimate of drug-likeness (QED) is 0.697. The standard InChI is InChI=1S/C23H18N2O3/c1-14-5-3-7-17(11-14)24-21(26)16-9-10-19-20(13-16)23(28)25(22(19)27)18-8-4-6-15(2)12-18/h3-13H,1-2H3,(H,24,26). The molecule has 0 unspecified atom stereocenters. The van der Waals surface area contributed by atoms with E-state index in [1.165, 1.54) is 12.1 Å². The summed E-state index contributed by atoms with van der Waals surface area (Å²) in [7, 11) is 0. The minimum Gasteiger partial charge on any atom is -0.322 e. The summed E-state index contributed by atoms with van der Waals surface area (Å²) in [4.78, 5) is 39.3. The minimum absolute atomic E-state index is 0.239. The zero-order chi connectivity index (χ0) is 19.8. The molecule has 138 valence electrons. The number of imide groups is 1. The number of anilines is 2. The van der Waals surface area contributed by atoms with Crippen molar-refractivity contribution in [1.29, 1.82) is 0 Å². The van der Waals surface area contributed by atoms with E-state index in [1.54, 1.807) is 30.3 Å². The van der Waals surface area contributed by atoms with Crippen molar-refractivity contribution in [2.75, 3.05) is 10.2 Å². The third-order valence-corrected chi connectivity index (χ3v) is 4.68. The van der Waals surface area contributed by atoms with E-state index in [0.717, 1.165) is 16.0 Å². The van der Waals surface area contributed by atoms with E-state index in [4.69, 9.17) is 0 Å². The fraction of sp³-hybridized carbons (Fsp3) is 0.0870. The molecule has 3 aromatic rings. The van der Waals surface area contributed by atoms with Gasteiger partial charge in [-0.25, -0.2) is 4.90 Å². The van der Waals surface area contributed by atoms with Crippen molar-refractivity contribution in [3.8, 4) is 0 Å². The molecular formula is C23H18N2O3. The fourth-order valence-electron chi connectivity index (χ4n) is 3.31. The van der Waals surface area contributed by atoms with Crippen LogP contribution in [0.4, 0.5) is 11.4 Å². The van der Waals surface area contributed by atoms with Gasteiger partial charge in [-0.05, 0) is 67.4 Å². The minimum atomic E-state index is -0.421. The maximum atomic E-state index is 12.9. The Morgan fingerprint density at radius 3 is 2.18 bits per heavy atom. The van der Waals surface area contributed by atoms with Gasteiger partial charge in [-0.1, -0.05) is 24.3 Å². The van der Waals surface area contributed by atoms with Crippen molar-refractivity contribution in [2.24, 2.45) is 0 Å². The van der Waals surface area contributed by atoms with Crippen molar-refractivity contribution >= 4 is 29.1 Å². The number of nitrogens with zero attached hydrogens (tertiary/aromatic N) is 1. The van der Waals surface area contributed by atoms with Crippen LogP contribution in [0.2, 0.25) is 0 Å². The smallest absolute Gasteiger partial charge is 0.266 e. The number of benzene rings is 3. The predicted molar refractivity (Wildman–Crippen MR) is 108 cm³/mol. The van der Waals surface area contributed by atoms with Gasteiger partial charge in [0.2, 0.25) is 0 Å². The van der Waals surface area contributed by atoms with E-state index in [0.29, 0.717) is 22.5 Å². The van der Waals surface area contributed by atoms with Gasteiger partial charge in [0.15, 0.2) is 0 Å². The summed E-state index contributed by atoms with van der Waals surface area (Å²) < 4.78 is 0. The molecule has 0 fully saturated rings. The summed E-state index contributed by atoms with van der Waals surface area (Å²) in [5.74, 6) is -1.13. The van der Waals surface area contributed by atoms with E-state index in [2.05, 4.69) is 5.32 Å². The largest absolute Gasteiger partial charge is 0.322 e. The van der Waals surface area contributed by atoms with Crippen molar-refractivity contribution < 1.29 is 14.4 Å². The Labute approximate surface area is 162 Å². The predicted octanol–water partition coefficient (Wildman–Crippen LogP) is 4.36. The second kappa shape index (κ2) is 6.78. The maximum Gasteiger partial charge on any atom is 0.266 e. The monoisotopic (exact) mass is 370 g/mol. The van der Waals surface area contributed by atoms with E-state index in [9.17, 15) is 14.4 Å². The number of carbonyl (C=O) groups is 3. The van der Waals surface area contributed by atoms with Crippen LogP contribution in [0, 0.1) is 13.8 Å². The Hall–Kier alpha value is -3.73. The highest BCUT2D eigenvalue weighted by Crippen LogP contribution is 2.29. The molecule has 1 N–H and O–H groups in total. The zero-order valence-electron chi connectivity index (χ0n) is 15.5. The van der Waals surface area contributed by atoms with Crippen LogP contribution in [0.1, 0.15) is 42.2 Å². The first-order valence-electron chi connectivity index (χ1n) is 8.91. The zero-order valence-corrected chi connectivity index (χ0v) is 15.5. The fourth-order valence-corrected chi connectivity index (χ4v) is 3.31. The first-order valence-corrected chi connectivity index (χ1v) is 8.91. The van der Waals surface area contributed by atoms with Gasteiger partial charge in [0.05, 0.1) is 16.8 Å². The van der Waals surface area contributed by atoms with Crippen molar-refractivity contribution in [1.82, 2.24) is 0 Å².